The van der Waals surface area contributed by atoms with E-state index < -0.39 is 14.0 Å². The van der Waals surface area contributed by atoms with Gasteiger partial charge in [-0.05, 0) is 48.7 Å². The normalized spacial score (nSPS) is 12.5. The van der Waals surface area contributed by atoms with Gasteiger partial charge in [0.1, 0.15) is 6.73 Å². The Morgan fingerprint density at radius 3 is 2.41 bits per heavy atom. The van der Waals surface area contributed by atoms with Crippen molar-refractivity contribution in [1.82, 2.24) is 4.57 Å². The summed E-state index contributed by atoms with van der Waals surface area (Å²) >= 11 is 0. The molecule has 3 aromatic rings. The van der Waals surface area contributed by atoms with Crippen LogP contribution in [0.5, 0.6) is 0 Å². The second-order valence-electron chi connectivity index (χ2n) is 9.59. The van der Waals surface area contributed by atoms with Crippen molar-refractivity contribution in [3.05, 3.63) is 65.0 Å². The van der Waals surface area contributed by atoms with Crippen LogP contribution in [0.4, 0.5) is 0 Å². The highest BCUT2D eigenvalue weighted by molar-refractivity contribution is 6.76. The van der Waals surface area contributed by atoms with Crippen LogP contribution in [0.3, 0.4) is 0 Å². The van der Waals surface area contributed by atoms with Crippen molar-refractivity contribution in [2.45, 2.75) is 59.6 Å². The van der Waals surface area contributed by atoms with Gasteiger partial charge in [0.2, 0.25) is 0 Å². The lowest BCUT2D eigenvalue weighted by Gasteiger charge is -2.16. The lowest BCUT2D eigenvalue weighted by molar-refractivity contribution is -0.132. The third-order valence-corrected chi connectivity index (χ3v) is 7.78. The van der Waals surface area contributed by atoms with Gasteiger partial charge in [-0.3, -0.25) is 0 Å². The van der Waals surface area contributed by atoms with Gasteiger partial charge >= 0.3 is 5.97 Å². The minimum absolute atomic E-state index is 0.409. The zero-order chi connectivity index (χ0) is 23.5. The maximum Gasteiger partial charge on any atom is 0.331 e. The van der Waals surface area contributed by atoms with E-state index in [4.69, 9.17) is 4.74 Å². The fourth-order valence-electron chi connectivity index (χ4n) is 4.08. The molecule has 0 spiro atoms. The van der Waals surface area contributed by atoms with E-state index in [0.717, 1.165) is 46.1 Å². The molecular weight excluding hydrogens is 414 g/mol. The molecule has 0 aliphatic carbocycles. The molecule has 0 saturated heterocycles. The molecule has 0 aliphatic heterocycles. The number of fused-ring (bicyclic) bond motifs is 1. The average molecular weight is 450 g/mol. The van der Waals surface area contributed by atoms with Crippen molar-refractivity contribution < 1.29 is 14.6 Å². The summed E-state index contributed by atoms with van der Waals surface area (Å²) in [6.45, 7) is 14.3. The second kappa shape index (κ2) is 9.88. The van der Waals surface area contributed by atoms with Crippen LogP contribution < -0.4 is 0 Å². The average Bonchev–Trinajstić information content (AvgIpc) is 2.97. The number of ether oxygens (including phenoxy) is 1. The zero-order valence-electron chi connectivity index (χ0n) is 20.2. The summed E-state index contributed by atoms with van der Waals surface area (Å²) in [6.07, 6.45) is 2.32. The standard InChI is InChI=1S/C27H35NO3Si/c1-7-21(27(29)30)17-25-19(2)28(18-31-15-16-32(4,5)6)20(3)26(25)24-14-10-12-22-11-8-9-13-23(22)24/h8-14,17H,7,15-16,18H2,1-6H3,(H,29,30). The Labute approximate surface area is 192 Å². The Morgan fingerprint density at radius 1 is 1.06 bits per heavy atom. The van der Waals surface area contributed by atoms with Crippen LogP contribution in [0.2, 0.25) is 25.7 Å². The topological polar surface area (TPSA) is 51.5 Å². The first kappa shape index (κ1) is 24.0. The van der Waals surface area contributed by atoms with Crippen LogP contribution in [-0.2, 0) is 16.3 Å². The molecule has 2 aromatic carbocycles. The zero-order valence-corrected chi connectivity index (χ0v) is 21.2. The van der Waals surface area contributed by atoms with Crippen LogP contribution in [0, 0.1) is 13.8 Å². The molecule has 1 heterocycles. The summed E-state index contributed by atoms with van der Waals surface area (Å²) in [7, 11) is -1.16. The van der Waals surface area contributed by atoms with Gasteiger partial charge in [0, 0.05) is 42.8 Å². The highest BCUT2D eigenvalue weighted by Crippen LogP contribution is 2.38. The van der Waals surface area contributed by atoms with Crippen molar-refractivity contribution in [3.63, 3.8) is 0 Å². The van der Waals surface area contributed by atoms with E-state index in [2.05, 4.69) is 74.5 Å². The third-order valence-electron chi connectivity index (χ3n) is 6.08. The van der Waals surface area contributed by atoms with Crippen LogP contribution in [0.15, 0.2) is 48.0 Å². The molecule has 0 saturated carbocycles. The summed E-state index contributed by atoms with van der Waals surface area (Å²) in [5.41, 5.74) is 5.71. The molecule has 0 atom stereocenters. The molecule has 0 bridgehead atoms. The Balaban J connectivity index is 2.15. The molecule has 32 heavy (non-hydrogen) atoms. The first-order valence-electron chi connectivity index (χ1n) is 11.3. The number of aromatic nitrogens is 1. The van der Waals surface area contributed by atoms with Crippen molar-refractivity contribution >= 4 is 30.9 Å². The van der Waals surface area contributed by atoms with Crippen molar-refractivity contribution in [2.75, 3.05) is 6.61 Å². The number of benzene rings is 2. The highest BCUT2D eigenvalue weighted by atomic mass is 28.3. The summed E-state index contributed by atoms with van der Waals surface area (Å²) in [5.74, 6) is -0.868. The van der Waals surface area contributed by atoms with Crippen LogP contribution in [0.25, 0.3) is 28.0 Å². The Hall–Kier alpha value is -2.63. The molecule has 1 aromatic heterocycles. The maximum atomic E-state index is 11.8. The summed E-state index contributed by atoms with van der Waals surface area (Å²) < 4.78 is 8.27. The highest BCUT2D eigenvalue weighted by Gasteiger charge is 2.21. The first-order valence-corrected chi connectivity index (χ1v) is 15.0. The van der Waals surface area contributed by atoms with Gasteiger partial charge in [0.15, 0.2) is 0 Å². The van der Waals surface area contributed by atoms with Gasteiger partial charge in [-0.2, -0.15) is 0 Å². The molecule has 0 amide bonds. The summed E-state index contributed by atoms with van der Waals surface area (Å²) in [6, 6.07) is 15.8. The number of rotatable bonds is 9. The minimum atomic E-state index is -1.16. The number of carboxylic acid groups (broad SMARTS) is 1. The smallest absolute Gasteiger partial charge is 0.331 e. The fraction of sp³-hybridized carbons (Fsp3) is 0.370. The van der Waals surface area contributed by atoms with Crippen LogP contribution >= 0.6 is 0 Å². The molecule has 0 radical (unpaired) electrons. The SMILES string of the molecule is CCC(=Cc1c(-c2cccc3ccccc23)c(C)n(COCC[Si](C)(C)C)c1C)C(=O)O. The number of carbonyl (C=O) groups is 1. The second-order valence-corrected chi connectivity index (χ2v) is 15.2. The largest absolute Gasteiger partial charge is 0.478 e. The molecule has 0 aliphatic rings. The molecule has 170 valence electrons. The van der Waals surface area contributed by atoms with Crippen molar-refractivity contribution in [2.24, 2.45) is 0 Å². The molecule has 0 fully saturated rings. The monoisotopic (exact) mass is 449 g/mol. The van der Waals surface area contributed by atoms with Crippen LogP contribution in [-0.4, -0.2) is 30.3 Å². The lowest BCUT2D eigenvalue weighted by atomic mass is 9.94. The number of aliphatic carboxylic acids is 1. The lowest BCUT2D eigenvalue weighted by Crippen LogP contribution is -2.22. The van der Waals surface area contributed by atoms with Gasteiger partial charge in [0.05, 0.1) is 0 Å². The molecule has 3 rings (SSSR count). The number of hydrogen-bond donors (Lipinski definition) is 1. The minimum Gasteiger partial charge on any atom is -0.478 e. The number of hydrogen-bond acceptors (Lipinski definition) is 2. The molecule has 5 heteroatoms. The molecular formula is C27H35NO3Si. The predicted octanol–water partition coefficient (Wildman–Crippen LogP) is 7.12. The van der Waals surface area contributed by atoms with E-state index in [0.29, 0.717) is 18.7 Å². The Kier molecular flexibility index (Phi) is 7.42. The molecule has 1 N–H and O–H groups in total. The van der Waals surface area contributed by atoms with Crippen LogP contribution in [0.1, 0.15) is 30.3 Å². The van der Waals surface area contributed by atoms with Gasteiger partial charge < -0.3 is 14.4 Å². The van der Waals surface area contributed by atoms with E-state index in [9.17, 15) is 9.90 Å². The predicted molar refractivity (Wildman–Crippen MR) is 137 cm³/mol. The van der Waals surface area contributed by atoms with Crippen molar-refractivity contribution in [3.8, 4) is 11.1 Å². The van der Waals surface area contributed by atoms with Gasteiger partial charge in [-0.15, -0.1) is 0 Å². The number of carboxylic acids is 1. The number of nitrogens with zero attached hydrogens (tertiary/aromatic N) is 1. The first-order chi connectivity index (χ1) is 15.1. The van der Waals surface area contributed by atoms with E-state index in [1.807, 2.05) is 19.1 Å². The quantitative estimate of drug-likeness (QED) is 0.215. The van der Waals surface area contributed by atoms with E-state index in [1.165, 1.54) is 5.39 Å². The molecule has 0 unspecified atom stereocenters. The summed E-state index contributed by atoms with van der Waals surface area (Å²) in [5, 5.41) is 12.0. The fourth-order valence-corrected chi connectivity index (χ4v) is 4.84. The third kappa shape index (κ3) is 5.22. The Morgan fingerprint density at radius 2 is 1.75 bits per heavy atom. The maximum absolute atomic E-state index is 11.8. The van der Waals surface area contributed by atoms with Gasteiger partial charge in [-0.1, -0.05) is 69.0 Å². The summed E-state index contributed by atoms with van der Waals surface area (Å²) in [4.78, 5) is 11.8. The Bertz CT molecular complexity index is 1150. The van der Waals surface area contributed by atoms with E-state index in [-0.39, 0.29) is 0 Å². The van der Waals surface area contributed by atoms with E-state index in [1.54, 1.807) is 0 Å². The molecule has 4 nitrogen and oxygen atoms in total. The van der Waals surface area contributed by atoms with Gasteiger partial charge in [0.25, 0.3) is 0 Å². The van der Waals surface area contributed by atoms with Crippen molar-refractivity contribution in [1.29, 1.82) is 0 Å². The van der Waals surface area contributed by atoms with E-state index >= 15 is 0 Å². The van der Waals surface area contributed by atoms with Gasteiger partial charge in [-0.25, -0.2) is 4.79 Å².